The maximum atomic E-state index is 12.0. The number of nitrogens with zero attached hydrogens (tertiary/aromatic N) is 1. The lowest BCUT2D eigenvalue weighted by Crippen LogP contribution is -2.48. The van der Waals surface area contributed by atoms with Crippen molar-refractivity contribution in [2.45, 2.75) is 25.1 Å². The van der Waals surface area contributed by atoms with Gasteiger partial charge in [-0.15, -0.1) is 0 Å². The molecule has 1 rings (SSSR count). The van der Waals surface area contributed by atoms with Crippen molar-refractivity contribution in [3.8, 4) is 0 Å². The largest absolute Gasteiger partial charge is 0.398 e. The zero-order valence-corrected chi connectivity index (χ0v) is 12.8. The van der Waals surface area contributed by atoms with Gasteiger partial charge in [0.1, 0.15) is 0 Å². The summed E-state index contributed by atoms with van der Waals surface area (Å²) in [5, 5.41) is 0. The monoisotopic (exact) mass is 285 g/mol. The highest BCUT2D eigenvalue weighted by atomic mass is 32.2. The van der Waals surface area contributed by atoms with Crippen molar-refractivity contribution in [1.82, 2.24) is 9.62 Å². The summed E-state index contributed by atoms with van der Waals surface area (Å²) in [7, 11) is 0.460. The van der Waals surface area contributed by atoms with E-state index < -0.39 is 10.0 Å². The highest BCUT2D eigenvalue weighted by Crippen LogP contribution is 2.14. The van der Waals surface area contributed by atoms with Gasteiger partial charge in [0.15, 0.2) is 0 Å². The second-order valence-corrected chi connectivity index (χ2v) is 7.29. The van der Waals surface area contributed by atoms with Crippen LogP contribution in [0.15, 0.2) is 24.3 Å². The number of para-hydroxylation sites is 1. The van der Waals surface area contributed by atoms with Crippen molar-refractivity contribution in [1.29, 1.82) is 0 Å². The van der Waals surface area contributed by atoms with Crippen molar-refractivity contribution in [2.24, 2.45) is 0 Å². The fourth-order valence-electron chi connectivity index (χ4n) is 1.37. The third-order valence-electron chi connectivity index (χ3n) is 3.34. The maximum absolute atomic E-state index is 12.0. The van der Waals surface area contributed by atoms with Gasteiger partial charge in [0.05, 0.1) is 5.75 Å². The first-order valence-electron chi connectivity index (χ1n) is 6.12. The molecule has 19 heavy (non-hydrogen) atoms. The molecule has 0 aliphatic rings. The molecule has 0 bridgehead atoms. The molecule has 0 atom stereocenters. The Labute approximate surface area is 115 Å². The molecule has 0 heterocycles. The fraction of sp³-hybridized carbons (Fsp3) is 0.538. The molecule has 0 aliphatic heterocycles. The molecule has 3 N–H and O–H groups in total. The third-order valence-corrected chi connectivity index (χ3v) is 4.61. The van der Waals surface area contributed by atoms with Gasteiger partial charge in [0.25, 0.3) is 0 Å². The Bertz CT molecular complexity index is 524. The zero-order valence-electron chi connectivity index (χ0n) is 12.0. The molecule has 0 saturated heterocycles. The van der Waals surface area contributed by atoms with Gasteiger partial charge in [-0.05, 0) is 39.6 Å². The van der Waals surface area contributed by atoms with Gasteiger partial charge >= 0.3 is 0 Å². The molecular weight excluding hydrogens is 262 g/mol. The minimum absolute atomic E-state index is 0.0941. The number of hydrogen-bond donors (Lipinski definition) is 2. The van der Waals surface area contributed by atoms with Crippen molar-refractivity contribution >= 4 is 15.7 Å². The number of nitrogens with two attached hydrogens (primary N) is 1. The van der Waals surface area contributed by atoms with E-state index in [1.54, 1.807) is 24.3 Å². The number of nitrogen functional groups attached to an aromatic ring is 1. The molecule has 1 aromatic rings. The Morgan fingerprint density at radius 2 is 1.84 bits per heavy atom. The van der Waals surface area contributed by atoms with E-state index >= 15 is 0 Å². The first-order chi connectivity index (χ1) is 8.64. The Hall–Kier alpha value is -1.11. The fourth-order valence-corrected chi connectivity index (χ4v) is 2.71. The van der Waals surface area contributed by atoms with E-state index in [0.29, 0.717) is 17.8 Å². The molecule has 0 aliphatic carbocycles. The molecule has 5 nitrogen and oxygen atoms in total. The number of benzene rings is 1. The van der Waals surface area contributed by atoms with Gasteiger partial charge in [0, 0.05) is 17.8 Å². The SMILES string of the molecule is CN(C)C(C)(C)CNS(=O)(=O)Cc1ccccc1N. The number of sulfonamides is 1. The summed E-state index contributed by atoms with van der Waals surface area (Å²) in [6, 6.07) is 7.00. The van der Waals surface area contributed by atoms with Crippen LogP contribution in [0.3, 0.4) is 0 Å². The highest BCUT2D eigenvalue weighted by Gasteiger charge is 2.23. The lowest BCUT2D eigenvalue weighted by atomic mass is 10.1. The van der Waals surface area contributed by atoms with Crippen LogP contribution in [0.4, 0.5) is 5.69 Å². The standard InChI is InChI=1S/C13H23N3O2S/c1-13(2,16(3)4)10-15-19(17,18)9-11-7-5-6-8-12(11)14/h5-8,15H,9-10,14H2,1-4H3. The van der Waals surface area contributed by atoms with Crippen molar-refractivity contribution in [3.05, 3.63) is 29.8 Å². The minimum atomic E-state index is -3.38. The Kier molecular flexibility index (Phi) is 4.95. The first kappa shape index (κ1) is 15.9. The Balaban J connectivity index is 2.71. The van der Waals surface area contributed by atoms with E-state index in [4.69, 9.17) is 5.73 Å². The van der Waals surface area contributed by atoms with Crippen LogP contribution in [0.25, 0.3) is 0 Å². The van der Waals surface area contributed by atoms with E-state index in [0.717, 1.165) is 0 Å². The molecule has 108 valence electrons. The van der Waals surface area contributed by atoms with Gasteiger partial charge < -0.3 is 10.6 Å². The van der Waals surface area contributed by atoms with Crippen molar-refractivity contribution in [3.63, 3.8) is 0 Å². The average Bonchev–Trinajstić information content (AvgIpc) is 2.30. The first-order valence-corrected chi connectivity index (χ1v) is 7.77. The van der Waals surface area contributed by atoms with Gasteiger partial charge in [-0.3, -0.25) is 0 Å². The normalized spacial score (nSPS) is 12.9. The molecular formula is C13H23N3O2S. The summed E-state index contributed by atoms with van der Waals surface area (Å²) in [6.07, 6.45) is 0. The molecule has 6 heteroatoms. The van der Waals surface area contributed by atoms with Crippen LogP contribution >= 0.6 is 0 Å². The molecule has 0 amide bonds. The minimum Gasteiger partial charge on any atom is -0.398 e. The van der Waals surface area contributed by atoms with Crippen LogP contribution < -0.4 is 10.5 Å². The van der Waals surface area contributed by atoms with Crippen LogP contribution in [0.1, 0.15) is 19.4 Å². The number of hydrogen-bond acceptors (Lipinski definition) is 4. The second-order valence-electron chi connectivity index (χ2n) is 5.49. The molecule has 0 aromatic heterocycles. The van der Waals surface area contributed by atoms with E-state index in [-0.39, 0.29) is 11.3 Å². The van der Waals surface area contributed by atoms with E-state index in [9.17, 15) is 8.42 Å². The van der Waals surface area contributed by atoms with E-state index in [2.05, 4.69) is 4.72 Å². The summed E-state index contributed by atoms with van der Waals surface area (Å²) in [4.78, 5) is 1.98. The van der Waals surface area contributed by atoms with Crippen LogP contribution in [-0.4, -0.2) is 39.5 Å². The van der Waals surface area contributed by atoms with Gasteiger partial charge in [-0.25, -0.2) is 13.1 Å². The molecule has 0 radical (unpaired) electrons. The Morgan fingerprint density at radius 3 is 2.37 bits per heavy atom. The second kappa shape index (κ2) is 5.90. The summed E-state index contributed by atoms with van der Waals surface area (Å²) in [5.74, 6) is -0.0941. The van der Waals surface area contributed by atoms with Crippen LogP contribution in [-0.2, 0) is 15.8 Å². The predicted octanol–water partition coefficient (Wildman–Crippen LogP) is 1.03. The Morgan fingerprint density at radius 1 is 1.26 bits per heavy atom. The number of anilines is 1. The van der Waals surface area contributed by atoms with Gasteiger partial charge in [-0.1, -0.05) is 18.2 Å². The summed E-state index contributed by atoms with van der Waals surface area (Å²) in [6.45, 7) is 4.31. The topological polar surface area (TPSA) is 75.4 Å². The van der Waals surface area contributed by atoms with E-state index in [1.807, 2.05) is 32.8 Å². The van der Waals surface area contributed by atoms with Crippen LogP contribution in [0.5, 0.6) is 0 Å². The molecule has 0 unspecified atom stereocenters. The molecule has 0 saturated carbocycles. The van der Waals surface area contributed by atoms with Crippen LogP contribution in [0.2, 0.25) is 0 Å². The summed E-state index contributed by atoms with van der Waals surface area (Å²) >= 11 is 0. The number of nitrogens with one attached hydrogen (secondary N) is 1. The third kappa shape index (κ3) is 4.81. The zero-order chi connectivity index (χ0) is 14.7. The lowest BCUT2D eigenvalue weighted by molar-refractivity contribution is 0.199. The highest BCUT2D eigenvalue weighted by molar-refractivity contribution is 7.88. The van der Waals surface area contributed by atoms with Crippen molar-refractivity contribution in [2.75, 3.05) is 26.4 Å². The lowest BCUT2D eigenvalue weighted by Gasteiger charge is -2.32. The van der Waals surface area contributed by atoms with Crippen LogP contribution in [0, 0.1) is 0 Å². The maximum Gasteiger partial charge on any atom is 0.215 e. The number of likely N-dealkylation sites (N-methyl/N-ethyl adjacent to an activating group) is 1. The van der Waals surface area contributed by atoms with E-state index in [1.165, 1.54) is 0 Å². The molecule has 0 spiro atoms. The molecule has 1 aromatic carbocycles. The predicted molar refractivity (Wildman–Crippen MR) is 79.2 cm³/mol. The van der Waals surface area contributed by atoms with Gasteiger partial charge in [0.2, 0.25) is 10.0 Å². The number of rotatable bonds is 6. The smallest absolute Gasteiger partial charge is 0.215 e. The van der Waals surface area contributed by atoms with Crippen molar-refractivity contribution < 1.29 is 8.42 Å². The quantitative estimate of drug-likeness (QED) is 0.766. The van der Waals surface area contributed by atoms with Gasteiger partial charge in [-0.2, -0.15) is 0 Å². The molecule has 0 fully saturated rings. The summed E-state index contributed by atoms with van der Waals surface area (Å²) in [5.41, 5.74) is 6.64. The summed E-state index contributed by atoms with van der Waals surface area (Å²) < 4.78 is 26.7. The average molecular weight is 285 g/mol.